The first kappa shape index (κ1) is 15.7. The molecule has 3 aromatic heterocycles. The number of hydrogen-bond donors (Lipinski definition) is 0. The van der Waals surface area contributed by atoms with Gasteiger partial charge in [0, 0.05) is 64.1 Å². The number of nitrogens with zero attached hydrogens (tertiary/aromatic N) is 4. The predicted molar refractivity (Wildman–Crippen MR) is 198 cm³/mol. The van der Waals surface area contributed by atoms with Crippen LogP contribution < -0.4 is 4.74 Å². The van der Waals surface area contributed by atoms with Gasteiger partial charge in [0.25, 0.3) is 0 Å². The van der Waals surface area contributed by atoms with Crippen LogP contribution in [0, 0.1) is 27.4 Å². The Kier molecular flexibility index (Phi) is 3.38. The Balaban J connectivity index is 1.38. The van der Waals surface area contributed by atoms with Crippen molar-refractivity contribution in [3.05, 3.63) is 131 Å². The highest BCUT2D eigenvalue weighted by Crippen LogP contribution is 2.52. The molecule has 0 spiro atoms. The number of imidazole rings is 1. The van der Waals surface area contributed by atoms with E-state index in [1.807, 2.05) is 28.7 Å². The van der Waals surface area contributed by atoms with Crippen LogP contribution in [-0.2, 0) is 5.41 Å². The van der Waals surface area contributed by atoms with Gasteiger partial charge >= 0.3 is 0 Å². The minimum absolute atomic E-state index is 0.0107. The van der Waals surface area contributed by atoms with Gasteiger partial charge in [0.05, 0.1) is 26.9 Å². The molecular formula is C42H34N4OS. The molecule has 5 nitrogen and oxygen atoms in total. The SMILES string of the molecule is [2H]C([2H])([2H])c1ccc(-c2c(C([2H])([2H])[2H])ccc3c2Oc2ccccc2C3(C([2H])([2H])[2H])C([2H])([2H])[2H])cc1-c1nc(-c2c(C([2H])([2H])[2H])ccc3c2sc2nc4ccccc4n23)ncc1C([2H])([2H])[2H]. The number of fused-ring (bicyclic) bond motifs is 7. The second kappa shape index (κ2) is 10.3. The molecule has 4 heterocycles. The van der Waals surface area contributed by atoms with Crippen molar-refractivity contribution in [3.63, 3.8) is 0 Å². The van der Waals surface area contributed by atoms with Crippen molar-refractivity contribution in [2.75, 3.05) is 0 Å². The normalized spacial score (nSPS) is 20.7. The summed E-state index contributed by atoms with van der Waals surface area (Å²) in [6.45, 7) is -18.3. The van der Waals surface area contributed by atoms with E-state index < -0.39 is 80.2 Å². The van der Waals surface area contributed by atoms with Crippen LogP contribution in [0.3, 0.4) is 0 Å². The van der Waals surface area contributed by atoms with Crippen LogP contribution >= 0.6 is 11.3 Å². The second-order valence-electron chi connectivity index (χ2n) is 11.6. The first-order valence-electron chi connectivity index (χ1n) is 23.9. The predicted octanol–water partition coefficient (Wildman–Crippen LogP) is 11.2. The number of rotatable bonds is 3. The summed E-state index contributed by atoms with van der Waals surface area (Å²) < 4.78 is 164. The van der Waals surface area contributed by atoms with Crippen LogP contribution in [-0.4, -0.2) is 19.4 Å². The highest BCUT2D eigenvalue weighted by Gasteiger charge is 2.36. The van der Waals surface area contributed by atoms with Crippen LogP contribution in [0.15, 0.2) is 97.2 Å². The van der Waals surface area contributed by atoms with Crippen LogP contribution in [0.1, 0.15) is 71.8 Å². The average molecular weight is 661 g/mol. The lowest BCUT2D eigenvalue weighted by atomic mass is 9.74. The number of aryl methyl sites for hydroxylation is 4. The van der Waals surface area contributed by atoms with Gasteiger partial charge in [-0.15, -0.1) is 0 Å². The van der Waals surface area contributed by atoms with Crippen molar-refractivity contribution in [1.29, 1.82) is 0 Å². The summed E-state index contributed by atoms with van der Waals surface area (Å²) in [6, 6.07) is 21.7. The van der Waals surface area contributed by atoms with Gasteiger partial charge in [-0.2, -0.15) is 0 Å². The summed E-state index contributed by atoms with van der Waals surface area (Å²) >= 11 is 1.15. The van der Waals surface area contributed by atoms with E-state index >= 15 is 0 Å². The Morgan fingerprint density at radius 1 is 0.729 bits per heavy atom. The third-order valence-electron chi connectivity index (χ3n) is 8.74. The monoisotopic (exact) mass is 660 g/mol. The standard InChI is InChI=1S/C42H34N4OS/c1-23-15-18-27(35-24(2)16-19-30-38(35)47-34-14-10-7-11-29(34)42(30,5)6)21-28(23)37-26(4)22-43-40(45-37)36-25(3)17-20-33-39(36)48-41-44-31-12-8-9-13-32(31)46(33)41/h7-22H,1-6H3/i1D3,2D3,3D3,4D3,5D3,6D3. The number of ether oxygens (including phenoxy) is 1. The lowest BCUT2D eigenvalue weighted by molar-refractivity contribution is 0.419. The van der Waals surface area contributed by atoms with E-state index in [-0.39, 0.29) is 45.0 Å². The van der Waals surface area contributed by atoms with Gasteiger partial charge in [-0.1, -0.05) is 85.7 Å². The summed E-state index contributed by atoms with van der Waals surface area (Å²) in [4.78, 5) is 14.4. The molecular weight excluding hydrogens is 609 g/mol. The summed E-state index contributed by atoms with van der Waals surface area (Å²) in [5.74, 6) is -0.893. The molecule has 6 heteroatoms. The highest BCUT2D eigenvalue weighted by atomic mass is 32.1. The molecule has 234 valence electrons. The lowest BCUT2D eigenvalue weighted by Gasteiger charge is -2.36. The van der Waals surface area contributed by atoms with Crippen molar-refractivity contribution in [3.8, 4) is 45.3 Å². The maximum absolute atomic E-state index is 8.76. The quantitative estimate of drug-likeness (QED) is 0.189. The molecule has 0 saturated heterocycles. The molecule has 1 aliphatic rings. The summed E-state index contributed by atoms with van der Waals surface area (Å²) in [7, 11) is 0. The first-order chi connectivity index (χ1) is 30.5. The molecule has 5 aromatic carbocycles. The van der Waals surface area contributed by atoms with Gasteiger partial charge in [0.2, 0.25) is 0 Å². The van der Waals surface area contributed by atoms with Crippen LogP contribution in [0.5, 0.6) is 11.5 Å². The van der Waals surface area contributed by atoms with Crippen molar-refractivity contribution < 1.29 is 29.4 Å². The fourth-order valence-corrected chi connectivity index (χ4v) is 7.65. The molecule has 0 unspecified atom stereocenters. The molecule has 0 saturated carbocycles. The first-order valence-corrected chi connectivity index (χ1v) is 15.7. The summed E-state index contributed by atoms with van der Waals surface area (Å²) in [5, 5.41) is 0. The van der Waals surface area contributed by atoms with Crippen molar-refractivity contribution in [2.24, 2.45) is 0 Å². The van der Waals surface area contributed by atoms with Crippen molar-refractivity contribution in [2.45, 2.75) is 46.5 Å². The van der Waals surface area contributed by atoms with Gasteiger partial charge < -0.3 is 4.74 Å². The largest absolute Gasteiger partial charge is 0.456 e. The minimum Gasteiger partial charge on any atom is -0.456 e. The van der Waals surface area contributed by atoms with Gasteiger partial charge in [0.1, 0.15) is 11.5 Å². The molecule has 0 radical (unpaired) electrons. The molecule has 1 aliphatic heterocycles. The minimum atomic E-state index is -3.29. The maximum Gasteiger partial charge on any atom is 0.195 e. The molecule has 0 bridgehead atoms. The maximum atomic E-state index is 8.76. The molecule has 0 N–H and O–H groups in total. The number of aromatic nitrogens is 4. The Morgan fingerprint density at radius 2 is 1.52 bits per heavy atom. The van der Waals surface area contributed by atoms with Crippen LogP contribution in [0.4, 0.5) is 0 Å². The fourth-order valence-electron chi connectivity index (χ4n) is 6.46. The van der Waals surface area contributed by atoms with E-state index in [0.717, 1.165) is 41.2 Å². The number of hydrogen-bond acceptors (Lipinski definition) is 5. The Morgan fingerprint density at radius 3 is 2.40 bits per heavy atom. The summed E-state index contributed by atoms with van der Waals surface area (Å²) in [5.41, 5.74) is -4.23. The van der Waals surface area contributed by atoms with Crippen LogP contribution in [0.25, 0.3) is 60.0 Å². The zero-order valence-electron chi connectivity index (χ0n) is 42.8. The topological polar surface area (TPSA) is 52.3 Å². The number of thiazole rings is 1. The third-order valence-corrected chi connectivity index (χ3v) is 9.82. The molecule has 9 rings (SSSR count). The van der Waals surface area contributed by atoms with Gasteiger partial charge in [-0.05, 0) is 85.6 Å². The molecule has 0 fully saturated rings. The van der Waals surface area contributed by atoms with Crippen molar-refractivity contribution in [1.82, 2.24) is 19.4 Å². The molecule has 0 aliphatic carbocycles. The fraction of sp³-hybridized carbons (Fsp3) is 0.167. The lowest BCUT2D eigenvalue weighted by Crippen LogP contribution is -2.24. The van der Waals surface area contributed by atoms with Crippen LogP contribution in [0.2, 0.25) is 0 Å². The van der Waals surface area contributed by atoms with Gasteiger partial charge in [-0.25, -0.2) is 15.0 Å². The number of benzene rings is 5. The highest BCUT2D eigenvalue weighted by molar-refractivity contribution is 7.24. The third kappa shape index (κ3) is 4.12. The van der Waals surface area contributed by atoms with E-state index in [4.69, 9.17) is 39.4 Å². The smallest absolute Gasteiger partial charge is 0.195 e. The molecule has 0 atom stereocenters. The Bertz CT molecular complexity index is 3270. The van der Waals surface area contributed by atoms with E-state index in [0.29, 0.717) is 20.7 Å². The zero-order chi connectivity index (χ0) is 47.9. The summed E-state index contributed by atoms with van der Waals surface area (Å²) in [6.07, 6.45) is 0.968. The van der Waals surface area contributed by atoms with Gasteiger partial charge in [-0.3, -0.25) is 4.40 Å². The van der Waals surface area contributed by atoms with Crippen molar-refractivity contribution >= 4 is 37.5 Å². The van der Waals surface area contributed by atoms with Gasteiger partial charge in [0.15, 0.2) is 10.8 Å². The number of para-hydroxylation sites is 3. The van der Waals surface area contributed by atoms with E-state index in [9.17, 15) is 0 Å². The average Bonchev–Trinajstić information content (AvgIpc) is 3.75. The Hall–Kier alpha value is -5.33. The Labute approximate surface area is 308 Å². The molecule has 48 heavy (non-hydrogen) atoms. The molecule has 0 amide bonds. The van der Waals surface area contributed by atoms with E-state index in [1.54, 1.807) is 6.07 Å². The van der Waals surface area contributed by atoms with E-state index in [2.05, 4.69) is 4.98 Å². The second-order valence-corrected chi connectivity index (χ2v) is 12.6. The van der Waals surface area contributed by atoms with E-state index in [1.165, 1.54) is 42.5 Å². The zero-order valence-corrected chi connectivity index (χ0v) is 25.7. The molecule has 8 aromatic rings.